The third-order valence-electron chi connectivity index (χ3n) is 3.80. The van der Waals surface area contributed by atoms with E-state index in [0.717, 1.165) is 9.86 Å². The molecule has 0 radical (unpaired) electrons. The zero-order valence-electron chi connectivity index (χ0n) is 12.4. The summed E-state index contributed by atoms with van der Waals surface area (Å²) in [5, 5.41) is 5.54. The van der Waals surface area contributed by atoms with Crippen molar-refractivity contribution in [2.24, 2.45) is 0 Å². The van der Waals surface area contributed by atoms with Gasteiger partial charge in [-0.05, 0) is 24.3 Å². The molecule has 6 heteroatoms. The zero-order chi connectivity index (χ0) is 16.7. The summed E-state index contributed by atoms with van der Waals surface area (Å²) in [5.74, 6) is -0.0796. The van der Waals surface area contributed by atoms with Crippen LogP contribution in [0.15, 0.2) is 68.4 Å². The number of carbonyl (C=O) groups is 1. The van der Waals surface area contributed by atoms with Crippen molar-refractivity contribution in [1.29, 1.82) is 0 Å². The maximum atomic E-state index is 12.4. The predicted octanol–water partition coefficient (Wildman–Crippen LogP) is 3.79. The van der Waals surface area contributed by atoms with Gasteiger partial charge >= 0.3 is 5.63 Å². The number of hydrogen-bond donors (Lipinski definition) is 0. The fraction of sp³-hybridized carbons (Fsp3) is 0.0556. The van der Waals surface area contributed by atoms with Crippen LogP contribution in [0.3, 0.4) is 0 Å². The second-order valence-corrected chi connectivity index (χ2v) is 6.32. The maximum absolute atomic E-state index is 12.4. The van der Waals surface area contributed by atoms with Crippen LogP contribution in [0.1, 0.15) is 10.4 Å². The fourth-order valence-corrected chi connectivity index (χ4v) is 2.90. The molecule has 0 amide bonds. The van der Waals surface area contributed by atoms with Crippen LogP contribution < -0.4 is 5.63 Å². The van der Waals surface area contributed by atoms with Gasteiger partial charge in [-0.25, -0.2) is 4.79 Å². The molecule has 0 N–H and O–H groups in total. The van der Waals surface area contributed by atoms with Gasteiger partial charge in [0.2, 0.25) is 0 Å². The molecule has 0 bridgehead atoms. The molecule has 0 saturated carbocycles. The third-order valence-corrected chi connectivity index (χ3v) is 4.33. The van der Waals surface area contributed by atoms with Crippen molar-refractivity contribution >= 4 is 43.6 Å². The summed E-state index contributed by atoms with van der Waals surface area (Å²) >= 11 is 3.34. The Morgan fingerprint density at radius 2 is 1.83 bits per heavy atom. The van der Waals surface area contributed by atoms with Gasteiger partial charge in [0.15, 0.2) is 5.78 Å². The van der Waals surface area contributed by atoms with E-state index in [2.05, 4.69) is 21.0 Å². The predicted molar refractivity (Wildman–Crippen MR) is 94.2 cm³/mol. The van der Waals surface area contributed by atoms with Crippen LogP contribution >= 0.6 is 15.9 Å². The number of nitrogens with zero attached hydrogens (tertiary/aromatic N) is 2. The number of para-hydroxylation sites is 1. The van der Waals surface area contributed by atoms with Gasteiger partial charge in [-0.3, -0.25) is 9.48 Å². The smallest absolute Gasteiger partial charge is 0.347 e. The highest BCUT2D eigenvalue weighted by molar-refractivity contribution is 9.10. The lowest BCUT2D eigenvalue weighted by molar-refractivity contribution is 0.0968. The highest BCUT2D eigenvalue weighted by Gasteiger charge is 2.13. The standard InChI is InChI=1S/C18H11BrN2O3/c19-12-7-5-11(6-8-12)15(22)10-21-9-14-17(20-21)13-3-1-2-4-16(13)24-18(14)23/h1-9H,10H2. The summed E-state index contributed by atoms with van der Waals surface area (Å²) < 4.78 is 7.69. The molecule has 2 aromatic heterocycles. The molecular weight excluding hydrogens is 372 g/mol. The van der Waals surface area contributed by atoms with Gasteiger partial charge in [0.25, 0.3) is 0 Å². The van der Waals surface area contributed by atoms with Gasteiger partial charge < -0.3 is 4.42 Å². The monoisotopic (exact) mass is 382 g/mol. The van der Waals surface area contributed by atoms with Gasteiger partial charge in [-0.1, -0.05) is 40.2 Å². The third kappa shape index (κ3) is 2.55. The van der Waals surface area contributed by atoms with Crippen molar-refractivity contribution < 1.29 is 9.21 Å². The molecule has 0 aliphatic carbocycles. The zero-order valence-corrected chi connectivity index (χ0v) is 14.0. The molecule has 24 heavy (non-hydrogen) atoms. The van der Waals surface area contributed by atoms with Gasteiger partial charge in [0.1, 0.15) is 23.0 Å². The van der Waals surface area contributed by atoms with Gasteiger partial charge in [0.05, 0.1) is 0 Å². The minimum atomic E-state index is -0.453. The molecule has 0 aliphatic rings. The molecular formula is C18H11BrN2O3. The Hall–Kier alpha value is -2.73. The van der Waals surface area contributed by atoms with E-state index in [1.165, 1.54) is 4.68 Å². The number of halogens is 1. The molecule has 0 spiro atoms. The first kappa shape index (κ1) is 14.8. The van der Waals surface area contributed by atoms with E-state index in [4.69, 9.17) is 4.42 Å². The minimum Gasteiger partial charge on any atom is -0.422 e. The molecule has 0 aliphatic heterocycles. The average Bonchev–Trinajstić information content (AvgIpc) is 3.00. The van der Waals surface area contributed by atoms with Crippen LogP contribution in [-0.2, 0) is 6.54 Å². The van der Waals surface area contributed by atoms with E-state index in [1.54, 1.807) is 30.5 Å². The van der Waals surface area contributed by atoms with Crippen LogP contribution in [0.5, 0.6) is 0 Å². The van der Waals surface area contributed by atoms with Crippen molar-refractivity contribution in [3.05, 3.63) is 75.2 Å². The van der Waals surface area contributed by atoms with Crippen LogP contribution in [0, 0.1) is 0 Å². The molecule has 2 heterocycles. The van der Waals surface area contributed by atoms with Crippen molar-refractivity contribution in [2.45, 2.75) is 6.54 Å². The number of ketones is 1. The van der Waals surface area contributed by atoms with E-state index >= 15 is 0 Å². The Labute approximate surface area is 144 Å². The van der Waals surface area contributed by atoms with E-state index in [0.29, 0.717) is 22.0 Å². The Bertz CT molecular complexity index is 1130. The lowest BCUT2D eigenvalue weighted by atomic mass is 10.1. The first-order valence-corrected chi connectivity index (χ1v) is 8.09. The normalized spacial score (nSPS) is 11.2. The number of benzene rings is 2. The number of Topliss-reactive ketones (excluding diaryl/α,β-unsaturated/α-hetero) is 1. The van der Waals surface area contributed by atoms with Gasteiger partial charge in [0, 0.05) is 21.6 Å². The number of rotatable bonds is 3. The van der Waals surface area contributed by atoms with Gasteiger partial charge in [-0.2, -0.15) is 5.10 Å². The molecule has 4 rings (SSSR count). The maximum Gasteiger partial charge on any atom is 0.347 e. The first-order chi connectivity index (χ1) is 11.6. The quantitative estimate of drug-likeness (QED) is 0.399. The molecule has 0 unspecified atom stereocenters. The van der Waals surface area contributed by atoms with E-state index in [-0.39, 0.29) is 12.3 Å². The number of aromatic nitrogens is 2. The SMILES string of the molecule is O=C(Cn1cc2c(=O)oc3ccccc3c2n1)c1ccc(Br)cc1. The van der Waals surface area contributed by atoms with E-state index in [9.17, 15) is 9.59 Å². The van der Waals surface area contributed by atoms with Crippen LogP contribution in [0.4, 0.5) is 0 Å². The molecule has 118 valence electrons. The summed E-state index contributed by atoms with van der Waals surface area (Å²) in [6, 6.07) is 14.3. The summed E-state index contributed by atoms with van der Waals surface area (Å²) in [6.45, 7) is 0.0596. The molecule has 5 nitrogen and oxygen atoms in total. The second-order valence-electron chi connectivity index (χ2n) is 5.40. The van der Waals surface area contributed by atoms with Crippen LogP contribution in [0.2, 0.25) is 0 Å². The molecule has 0 fully saturated rings. The summed E-state index contributed by atoms with van der Waals surface area (Å²) in [6.07, 6.45) is 1.56. The van der Waals surface area contributed by atoms with Crippen molar-refractivity contribution in [2.75, 3.05) is 0 Å². The Kier molecular flexibility index (Phi) is 3.54. The average molecular weight is 383 g/mol. The lowest BCUT2D eigenvalue weighted by Crippen LogP contribution is -2.10. The van der Waals surface area contributed by atoms with Crippen molar-refractivity contribution in [3.8, 4) is 0 Å². The number of fused-ring (bicyclic) bond motifs is 3. The summed E-state index contributed by atoms with van der Waals surface area (Å²) in [7, 11) is 0. The molecule has 0 saturated heterocycles. The molecule has 0 atom stereocenters. The number of hydrogen-bond acceptors (Lipinski definition) is 4. The summed E-state index contributed by atoms with van der Waals surface area (Å²) in [4.78, 5) is 24.5. The molecule has 4 aromatic rings. The Morgan fingerprint density at radius 3 is 2.62 bits per heavy atom. The Morgan fingerprint density at radius 1 is 1.08 bits per heavy atom. The summed E-state index contributed by atoms with van der Waals surface area (Å²) in [5.41, 5.74) is 1.17. The highest BCUT2D eigenvalue weighted by atomic mass is 79.9. The second kappa shape index (κ2) is 5.72. The van der Waals surface area contributed by atoms with Gasteiger partial charge in [-0.15, -0.1) is 0 Å². The topological polar surface area (TPSA) is 65.1 Å². The first-order valence-electron chi connectivity index (χ1n) is 7.29. The lowest BCUT2D eigenvalue weighted by Gasteiger charge is -2.01. The Balaban J connectivity index is 1.76. The van der Waals surface area contributed by atoms with E-state index in [1.807, 2.05) is 24.3 Å². The van der Waals surface area contributed by atoms with Crippen molar-refractivity contribution in [1.82, 2.24) is 9.78 Å². The molecule has 2 aromatic carbocycles. The number of carbonyl (C=O) groups excluding carboxylic acids is 1. The van der Waals surface area contributed by atoms with E-state index < -0.39 is 5.63 Å². The largest absolute Gasteiger partial charge is 0.422 e. The fourth-order valence-electron chi connectivity index (χ4n) is 2.63. The highest BCUT2D eigenvalue weighted by Crippen LogP contribution is 2.21. The minimum absolute atomic E-state index is 0.0596. The van der Waals surface area contributed by atoms with Crippen molar-refractivity contribution in [3.63, 3.8) is 0 Å². The van der Waals surface area contributed by atoms with Crippen LogP contribution in [-0.4, -0.2) is 15.6 Å². The van der Waals surface area contributed by atoms with Crippen LogP contribution in [0.25, 0.3) is 21.9 Å².